The third kappa shape index (κ3) is 2.93. The molecule has 2 N–H and O–H groups in total. The van der Waals surface area contributed by atoms with Gasteiger partial charge < -0.3 is 15.2 Å². The van der Waals surface area contributed by atoms with Gasteiger partial charge in [-0.3, -0.25) is 4.79 Å². The number of thioether (sulfide) groups is 1. The summed E-state index contributed by atoms with van der Waals surface area (Å²) in [6.45, 7) is 0. The van der Waals surface area contributed by atoms with Crippen LogP contribution in [0.1, 0.15) is 5.56 Å². The molecule has 0 bridgehead atoms. The van der Waals surface area contributed by atoms with Crippen LogP contribution >= 0.6 is 27.7 Å². The number of halogens is 1. The van der Waals surface area contributed by atoms with Gasteiger partial charge in [0.1, 0.15) is 11.5 Å². The second-order valence-electron chi connectivity index (χ2n) is 3.59. The Kier molecular flexibility index (Phi) is 4.16. The van der Waals surface area contributed by atoms with Gasteiger partial charge in [-0.05, 0) is 39.8 Å². The minimum Gasteiger partial charge on any atom is -0.496 e. The number of nitrogens with two attached hydrogens (primary N) is 1. The number of methoxy groups -OCH3 is 2. The van der Waals surface area contributed by atoms with Crippen LogP contribution in [0.15, 0.2) is 26.5 Å². The molecule has 0 fully saturated rings. The first-order valence-corrected chi connectivity index (χ1v) is 6.85. The Balaban J connectivity index is 2.43. The van der Waals surface area contributed by atoms with Crippen molar-refractivity contribution in [2.45, 2.75) is 0 Å². The zero-order chi connectivity index (χ0) is 14.0. The molecule has 0 radical (unpaired) electrons. The molecule has 0 spiro atoms. The van der Waals surface area contributed by atoms with E-state index in [1.54, 1.807) is 26.4 Å². The van der Waals surface area contributed by atoms with Gasteiger partial charge in [0.2, 0.25) is 0 Å². The Hall–Kier alpha value is -1.47. The molecule has 100 valence electrons. The van der Waals surface area contributed by atoms with Crippen molar-refractivity contribution in [3.63, 3.8) is 0 Å². The molecule has 5 nitrogen and oxygen atoms in total. The van der Waals surface area contributed by atoms with E-state index in [0.717, 1.165) is 21.8 Å². The summed E-state index contributed by atoms with van der Waals surface area (Å²) >= 11 is 4.53. The highest BCUT2D eigenvalue weighted by Crippen LogP contribution is 2.36. The van der Waals surface area contributed by atoms with Crippen molar-refractivity contribution >= 4 is 44.8 Å². The predicted molar refractivity (Wildman–Crippen MR) is 79.4 cm³/mol. The topological polar surface area (TPSA) is 73.9 Å². The van der Waals surface area contributed by atoms with Crippen molar-refractivity contribution in [1.29, 1.82) is 0 Å². The molecule has 0 unspecified atom stereocenters. The van der Waals surface area contributed by atoms with Gasteiger partial charge in [-0.1, -0.05) is 0 Å². The fraction of sp³-hybridized carbons (Fsp3) is 0.167. The summed E-state index contributed by atoms with van der Waals surface area (Å²) in [7, 11) is 3.13. The molecule has 0 saturated heterocycles. The lowest BCUT2D eigenvalue weighted by Gasteiger charge is -2.10. The van der Waals surface area contributed by atoms with Crippen molar-refractivity contribution in [1.82, 2.24) is 0 Å². The van der Waals surface area contributed by atoms with Crippen LogP contribution in [0.3, 0.4) is 0 Å². The van der Waals surface area contributed by atoms with Gasteiger partial charge >= 0.3 is 0 Å². The fourth-order valence-corrected chi connectivity index (χ4v) is 2.76. The molecule has 1 aliphatic rings. The SMILES string of the molecule is COc1cc(OC)c(/C=C2/SC(N)=NC2=O)cc1Br. The number of ether oxygens (including phenoxy) is 2. The van der Waals surface area contributed by atoms with E-state index in [1.807, 2.05) is 6.07 Å². The van der Waals surface area contributed by atoms with Crippen LogP contribution in [0, 0.1) is 0 Å². The summed E-state index contributed by atoms with van der Waals surface area (Å²) in [6.07, 6.45) is 1.69. The van der Waals surface area contributed by atoms with E-state index in [-0.39, 0.29) is 11.1 Å². The summed E-state index contributed by atoms with van der Waals surface area (Å²) in [5.41, 5.74) is 6.25. The van der Waals surface area contributed by atoms with Crippen LogP contribution in [-0.2, 0) is 4.79 Å². The monoisotopic (exact) mass is 342 g/mol. The average Bonchev–Trinajstić information content (AvgIpc) is 2.68. The van der Waals surface area contributed by atoms with Crippen LogP contribution in [0.2, 0.25) is 0 Å². The molecule has 0 aromatic heterocycles. The summed E-state index contributed by atoms with van der Waals surface area (Å²) < 4.78 is 11.2. The third-order valence-electron chi connectivity index (χ3n) is 2.43. The van der Waals surface area contributed by atoms with E-state index < -0.39 is 0 Å². The first kappa shape index (κ1) is 14.0. The summed E-state index contributed by atoms with van der Waals surface area (Å²) in [5.74, 6) is 0.920. The van der Waals surface area contributed by atoms with Gasteiger partial charge in [0, 0.05) is 11.6 Å². The summed E-state index contributed by atoms with van der Waals surface area (Å²) in [6, 6.07) is 3.55. The molecule has 1 aromatic carbocycles. The maximum Gasteiger partial charge on any atom is 0.286 e. The Morgan fingerprint density at radius 1 is 1.32 bits per heavy atom. The minimum atomic E-state index is -0.337. The third-order valence-corrected chi connectivity index (χ3v) is 3.86. The fourth-order valence-electron chi connectivity index (χ4n) is 1.56. The number of carbonyl (C=O) groups is 1. The second kappa shape index (κ2) is 5.66. The molecule has 1 amide bonds. The molecule has 0 saturated carbocycles. The van der Waals surface area contributed by atoms with Gasteiger partial charge in [0.25, 0.3) is 5.91 Å². The number of carbonyl (C=O) groups excluding carboxylic acids is 1. The Labute approximate surface area is 123 Å². The molecule has 7 heteroatoms. The number of hydrogen-bond acceptors (Lipinski definition) is 5. The minimum absolute atomic E-state index is 0.253. The largest absolute Gasteiger partial charge is 0.496 e. The van der Waals surface area contributed by atoms with Gasteiger partial charge in [-0.15, -0.1) is 0 Å². The lowest BCUT2D eigenvalue weighted by molar-refractivity contribution is -0.113. The van der Waals surface area contributed by atoms with Crippen molar-refractivity contribution in [2.24, 2.45) is 10.7 Å². The van der Waals surface area contributed by atoms with Crippen molar-refractivity contribution in [2.75, 3.05) is 14.2 Å². The van der Waals surface area contributed by atoms with Crippen molar-refractivity contribution in [3.05, 3.63) is 27.1 Å². The van der Waals surface area contributed by atoms with Crippen LogP contribution in [0.5, 0.6) is 11.5 Å². The van der Waals surface area contributed by atoms with Crippen LogP contribution in [-0.4, -0.2) is 25.3 Å². The molecule has 0 aliphatic carbocycles. The number of benzene rings is 1. The van der Waals surface area contributed by atoms with Crippen LogP contribution < -0.4 is 15.2 Å². The van der Waals surface area contributed by atoms with E-state index >= 15 is 0 Å². The van der Waals surface area contributed by atoms with Gasteiger partial charge in [-0.25, -0.2) is 0 Å². The standard InChI is InChI=1S/C12H11BrN2O3S/c1-17-8-5-9(18-2)7(13)3-6(8)4-10-11(16)15-12(14)19-10/h3-5H,1-2H3,(H2,14,15,16)/b10-4+. The Morgan fingerprint density at radius 2 is 2.00 bits per heavy atom. The number of amidine groups is 1. The second-order valence-corrected chi connectivity index (χ2v) is 5.51. The smallest absolute Gasteiger partial charge is 0.286 e. The van der Waals surface area contributed by atoms with Crippen molar-refractivity contribution < 1.29 is 14.3 Å². The molecular formula is C12H11BrN2O3S. The zero-order valence-electron chi connectivity index (χ0n) is 10.3. The lowest BCUT2D eigenvalue weighted by Crippen LogP contribution is -2.01. The van der Waals surface area contributed by atoms with Gasteiger partial charge in [0.05, 0.1) is 23.6 Å². The van der Waals surface area contributed by atoms with Gasteiger partial charge in [0.15, 0.2) is 5.17 Å². The number of aliphatic imine (C=N–C) groups is 1. The summed E-state index contributed by atoms with van der Waals surface area (Å²) in [4.78, 5) is 15.7. The quantitative estimate of drug-likeness (QED) is 0.853. The normalized spacial score (nSPS) is 16.7. The Bertz CT molecular complexity index is 599. The van der Waals surface area contributed by atoms with E-state index in [4.69, 9.17) is 15.2 Å². The first-order valence-electron chi connectivity index (χ1n) is 5.24. The highest BCUT2D eigenvalue weighted by Gasteiger charge is 2.20. The maximum absolute atomic E-state index is 11.6. The van der Waals surface area contributed by atoms with Crippen molar-refractivity contribution in [3.8, 4) is 11.5 Å². The number of amides is 1. The van der Waals surface area contributed by atoms with Crippen LogP contribution in [0.25, 0.3) is 6.08 Å². The average molecular weight is 343 g/mol. The zero-order valence-corrected chi connectivity index (χ0v) is 12.7. The molecule has 1 heterocycles. The molecule has 1 aromatic rings. The number of nitrogens with zero attached hydrogens (tertiary/aromatic N) is 1. The van der Waals surface area contributed by atoms with E-state index in [0.29, 0.717) is 16.4 Å². The lowest BCUT2D eigenvalue weighted by atomic mass is 10.1. The summed E-state index contributed by atoms with van der Waals surface area (Å²) in [5, 5.41) is 0.253. The van der Waals surface area contributed by atoms with Gasteiger partial charge in [-0.2, -0.15) is 4.99 Å². The highest BCUT2D eigenvalue weighted by molar-refractivity contribution is 9.10. The van der Waals surface area contributed by atoms with E-state index in [2.05, 4.69) is 20.9 Å². The molecule has 19 heavy (non-hydrogen) atoms. The molecule has 2 rings (SSSR count). The van der Waals surface area contributed by atoms with E-state index in [9.17, 15) is 4.79 Å². The molecule has 0 atom stereocenters. The molecule has 1 aliphatic heterocycles. The first-order chi connectivity index (χ1) is 9.05. The highest BCUT2D eigenvalue weighted by atomic mass is 79.9. The van der Waals surface area contributed by atoms with E-state index in [1.165, 1.54) is 0 Å². The Morgan fingerprint density at radius 3 is 2.53 bits per heavy atom. The maximum atomic E-state index is 11.6. The predicted octanol–water partition coefficient (Wildman–Crippen LogP) is 2.40. The molecular weight excluding hydrogens is 332 g/mol. The van der Waals surface area contributed by atoms with Crippen LogP contribution in [0.4, 0.5) is 0 Å². The number of rotatable bonds is 3. The number of hydrogen-bond donors (Lipinski definition) is 1.